The van der Waals surface area contributed by atoms with Crippen molar-refractivity contribution in [2.24, 2.45) is 0 Å². The van der Waals surface area contributed by atoms with Crippen LogP contribution < -0.4 is 5.11 Å². The Balaban J connectivity index is 4.37. The van der Waals surface area contributed by atoms with E-state index in [0.29, 0.717) is 17.4 Å². The van der Waals surface area contributed by atoms with Gasteiger partial charge in [0.15, 0.2) is 12.4 Å². The molecule has 9 nitrogen and oxygen atoms in total. The average molecular weight is 1020 g/mol. The van der Waals surface area contributed by atoms with E-state index in [1.54, 1.807) is 0 Å². The number of aliphatic carboxylic acids is 1. The molecule has 0 aromatic carbocycles. The van der Waals surface area contributed by atoms with Crippen molar-refractivity contribution < 1.29 is 42.9 Å². The van der Waals surface area contributed by atoms with Gasteiger partial charge in [0.25, 0.3) is 0 Å². The summed E-state index contributed by atoms with van der Waals surface area (Å²) in [6.07, 6.45) is 72.4. The van der Waals surface area contributed by atoms with Crippen LogP contribution in [0, 0.1) is 0 Å². The number of likely N-dealkylation sites (N-methyl/N-ethyl adjacent to an activating group) is 1. The predicted molar refractivity (Wildman–Crippen MR) is 306 cm³/mol. The van der Waals surface area contributed by atoms with E-state index in [1.165, 1.54) is 64.2 Å². The average Bonchev–Trinajstić information content (AvgIpc) is 3.36. The quantitative estimate of drug-likeness (QED) is 0.0195. The fourth-order valence-electron chi connectivity index (χ4n) is 7.29. The van der Waals surface area contributed by atoms with Crippen molar-refractivity contribution >= 4 is 17.9 Å². The molecule has 0 saturated carbocycles. The zero-order chi connectivity index (χ0) is 53.4. The number of nitrogens with zero attached hydrogens (tertiary/aromatic N) is 1. The van der Waals surface area contributed by atoms with Gasteiger partial charge >= 0.3 is 11.9 Å². The van der Waals surface area contributed by atoms with Crippen LogP contribution in [0.1, 0.15) is 206 Å². The summed E-state index contributed by atoms with van der Waals surface area (Å²) in [4.78, 5) is 37.2. The number of hydrogen-bond donors (Lipinski definition) is 0. The Kier molecular flexibility index (Phi) is 50.8. The Morgan fingerprint density at radius 2 is 0.781 bits per heavy atom. The summed E-state index contributed by atoms with van der Waals surface area (Å²) in [7, 11) is 5.90. The molecule has 0 amide bonds. The molecule has 0 aromatic heterocycles. The molecule has 0 heterocycles. The highest BCUT2D eigenvalue weighted by molar-refractivity contribution is 5.70. The van der Waals surface area contributed by atoms with Crippen LogP contribution in [0.25, 0.3) is 0 Å². The Morgan fingerprint density at radius 3 is 1.19 bits per heavy atom. The maximum absolute atomic E-state index is 12.8. The Hall–Kier alpha value is -4.31. The minimum Gasteiger partial charge on any atom is -0.545 e. The number of carboxylic acids is 1. The van der Waals surface area contributed by atoms with Gasteiger partial charge in [0.1, 0.15) is 13.2 Å². The van der Waals surface area contributed by atoms with E-state index in [0.717, 1.165) is 109 Å². The van der Waals surface area contributed by atoms with Gasteiger partial charge in [0.05, 0.1) is 40.3 Å². The van der Waals surface area contributed by atoms with Crippen LogP contribution in [0.15, 0.2) is 122 Å². The second kappa shape index (κ2) is 54.0. The maximum atomic E-state index is 12.8. The number of carbonyl (C=O) groups is 3. The first kappa shape index (κ1) is 68.7. The summed E-state index contributed by atoms with van der Waals surface area (Å²) in [5, 5.41) is 11.8. The third-order valence-corrected chi connectivity index (χ3v) is 11.7. The second-order valence-electron chi connectivity index (χ2n) is 19.8. The lowest BCUT2D eigenvalue weighted by molar-refractivity contribution is -0.870. The first-order valence-corrected chi connectivity index (χ1v) is 28.7. The molecule has 73 heavy (non-hydrogen) atoms. The largest absolute Gasteiger partial charge is 0.545 e. The van der Waals surface area contributed by atoms with Gasteiger partial charge in [-0.05, 0) is 109 Å². The predicted octanol–water partition coefficient (Wildman–Crippen LogP) is 15.6. The van der Waals surface area contributed by atoms with Crippen molar-refractivity contribution in [1.82, 2.24) is 0 Å². The summed E-state index contributed by atoms with van der Waals surface area (Å²) < 4.78 is 22.6. The Morgan fingerprint density at radius 1 is 0.425 bits per heavy atom. The SMILES string of the molecule is CC/C=C\C/C=C\C/C=C\C/C=C\C/C=C\C/C=C\C/C=C\C/C=C\C/C=C\CCCCCC(=O)OC(COC(=O)CCCCCCCCC/C=C\CCCCCCCC)COC(OCC[N+](C)(C)C)C(=O)[O-]. The Labute approximate surface area is 447 Å². The molecule has 0 aliphatic carbocycles. The molecule has 0 bridgehead atoms. The van der Waals surface area contributed by atoms with Crippen molar-refractivity contribution in [2.75, 3.05) is 47.5 Å². The van der Waals surface area contributed by atoms with Crippen molar-refractivity contribution in [3.05, 3.63) is 122 Å². The molecule has 0 spiro atoms. The molecule has 0 aliphatic heterocycles. The third-order valence-electron chi connectivity index (χ3n) is 11.7. The summed E-state index contributed by atoms with van der Waals surface area (Å²) in [5.74, 6) is -2.35. The summed E-state index contributed by atoms with van der Waals surface area (Å²) >= 11 is 0. The van der Waals surface area contributed by atoms with Crippen LogP contribution >= 0.6 is 0 Å². The van der Waals surface area contributed by atoms with Gasteiger partial charge < -0.3 is 33.3 Å². The van der Waals surface area contributed by atoms with Gasteiger partial charge in [-0.1, -0.05) is 206 Å². The van der Waals surface area contributed by atoms with Crippen LogP contribution in [0.4, 0.5) is 0 Å². The number of allylic oxidation sites excluding steroid dienone is 20. The lowest BCUT2D eigenvalue weighted by Crippen LogP contribution is -2.44. The molecule has 2 atom stereocenters. The molecule has 0 radical (unpaired) electrons. The number of quaternary nitrogens is 1. The van der Waals surface area contributed by atoms with Crippen molar-refractivity contribution in [3.8, 4) is 0 Å². The Bertz CT molecular complexity index is 1610. The van der Waals surface area contributed by atoms with Crippen LogP contribution in [-0.2, 0) is 33.3 Å². The number of carbonyl (C=O) groups excluding carboxylic acids is 3. The zero-order valence-corrected chi connectivity index (χ0v) is 47.0. The molecule has 0 fully saturated rings. The van der Waals surface area contributed by atoms with Crippen LogP contribution in [0.2, 0.25) is 0 Å². The van der Waals surface area contributed by atoms with E-state index >= 15 is 0 Å². The highest BCUT2D eigenvalue weighted by Crippen LogP contribution is 2.13. The molecule has 0 aromatic rings. The summed E-state index contributed by atoms with van der Waals surface area (Å²) in [6, 6.07) is 0. The van der Waals surface area contributed by atoms with Crippen molar-refractivity contribution in [1.29, 1.82) is 0 Å². The lowest BCUT2D eigenvalue weighted by Gasteiger charge is -2.26. The molecule has 0 N–H and O–H groups in total. The highest BCUT2D eigenvalue weighted by atomic mass is 16.7. The molecule has 414 valence electrons. The van der Waals surface area contributed by atoms with Crippen molar-refractivity contribution in [3.63, 3.8) is 0 Å². The fraction of sp³-hybridized carbons (Fsp3) is 0.641. The van der Waals surface area contributed by atoms with Gasteiger partial charge in [-0.2, -0.15) is 0 Å². The van der Waals surface area contributed by atoms with Crippen LogP contribution in [0.3, 0.4) is 0 Å². The number of esters is 2. The lowest BCUT2D eigenvalue weighted by atomic mass is 10.1. The first-order chi connectivity index (χ1) is 35.6. The van der Waals surface area contributed by atoms with Gasteiger partial charge in [0, 0.05) is 12.8 Å². The molecule has 0 aliphatic rings. The zero-order valence-electron chi connectivity index (χ0n) is 47.0. The van der Waals surface area contributed by atoms with Crippen molar-refractivity contribution in [2.45, 2.75) is 219 Å². The topological polar surface area (TPSA) is 111 Å². The monoisotopic (exact) mass is 1020 g/mol. The third kappa shape index (κ3) is 55.3. The number of rotatable bonds is 51. The summed E-state index contributed by atoms with van der Waals surface area (Å²) in [5.41, 5.74) is 0. The fourth-order valence-corrected chi connectivity index (χ4v) is 7.29. The summed E-state index contributed by atoms with van der Waals surface area (Å²) in [6.45, 7) is 4.57. The molecule has 0 saturated heterocycles. The highest BCUT2D eigenvalue weighted by Gasteiger charge is 2.22. The number of carboxylic acid groups (broad SMARTS) is 1. The first-order valence-electron chi connectivity index (χ1n) is 28.7. The van der Waals surface area contributed by atoms with Crippen LogP contribution in [-0.4, -0.2) is 82.3 Å². The molecule has 9 heteroatoms. The minimum atomic E-state index is -1.64. The van der Waals surface area contributed by atoms with E-state index in [-0.39, 0.29) is 38.6 Å². The van der Waals surface area contributed by atoms with Gasteiger partial charge in [-0.3, -0.25) is 9.59 Å². The maximum Gasteiger partial charge on any atom is 0.306 e. The second-order valence-corrected chi connectivity index (χ2v) is 19.8. The van der Waals surface area contributed by atoms with E-state index in [2.05, 4.69) is 135 Å². The molecular formula is C64H105NO8. The smallest absolute Gasteiger partial charge is 0.306 e. The van der Waals surface area contributed by atoms with Gasteiger partial charge in [-0.15, -0.1) is 0 Å². The standard InChI is InChI=1S/C64H105NO8/c1-6-8-10-12-14-16-18-20-22-24-25-26-27-28-29-30-31-32-33-34-35-36-37-39-41-43-45-47-49-51-53-55-62(67)73-60(59-72-64(63(68)69)70-57-56-65(3,4)5)58-71-61(66)54-52-50-48-46-44-42-40-38-23-21-19-17-15-13-11-9-7-2/h8,10,14,16,20-23,25-26,28-29,31-32,34-35,37,39,43,45,60,64H,6-7,9,11-13,15,17-19,24,27,30,33,36,38,40-42,44,46-59H2,1-5H3/b10-8-,16-14-,22-20-,23-21-,26-25-,29-28-,32-31-,35-34-,39-37-,45-43-. The normalized spacial score (nSPS) is 13.7. The van der Waals surface area contributed by atoms with E-state index in [1.807, 2.05) is 21.1 Å². The van der Waals surface area contributed by atoms with Gasteiger partial charge in [-0.25, -0.2) is 0 Å². The number of hydrogen-bond acceptors (Lipinski definition) is 8. The van der Waals surface area contributed by atoms with E-state index in [9.17, 15) is 19.5 Å². The van der Waals surface area contributed by atoms with E-state index < -0.39 is 24.3 Å². The molecule has 2 unspecified atom stereocenters. The minimum absolute atomic E-state index is 0.134. The molecule has 0 rings (SSSR count). The number of ether oxygens (including phenoxy) is 4. The molecular weight excluding hydrogens is 911 g/mol. The number of unbranched alkanes of at least 4 members (excludes halogenated alkanes) is 16. The van der Waals surface area contributed by atoms with Gasteiger partial charge in [0.2, 0.25) is 0 Å². The van der Waals surface area contributed by atoms with E-state index in [4.69, 9.17) is 18.9 Å². The van der Waals surface area contributed by atoms with Crippen LogP contribution in [0.5, 0.6) is 0 Å².